The average molecular weight is 346 g/mol. The standard InChI is InChI=1S/C18H26N4O3/c1-12-11-14(22-9-10-25-17(22)24)20-15(19-12)13-5-7-21(8-6-13)16(23)18(2,3)4/h11,13H,5-10H2,1-4H3. The first kappa shape index (κ1) is 17.6. The number of piperidine rings is 1. The molecule has 2 amide bonds. The largest absolute Gasteiger partial charge is 0.447 e. The summed E-state index contributed by atoms with van der Waals surface area (Å²) in [5, 5.41) is 0. The van der Waals surface area contributed by atoms with Crippen molar-refractivity contribution in [1.82, 2.24) is 14.9 Å². The Morgan fingerprint density at radius 1 is 1.20 bits per heavy atom. The van der Waals surface area contributed by atoms with Crippen LogP contribution in [0.2, 0.25) is 0 Å². The molecule has 2 aliphatic rings. The number of anilines is 1. The van der Waals surface area contributed by atoms with Gasteiger partial charge in [0.1, 0.15) is 18.2 Å². The summed E-state index contributed by atoms with van der Waals surface area (Å²) in [6, 6.07) is 1.81. The van der Waals surface area contributed by atoms with E-state index in [4.69, 9.17) is 4.74 Å². The van der Waals surface area contributed by atoms with Crippen LogP contribution < -0.4 is 4.90 Å². The molecule has 0 spiro atoms. The van der Waals surface area contributed by atoms with Crippen LogP contribution >= 0.6 is 0 Å². The fourth-order valence-corrected chi connectivity index (χ4v) is 3.31. The number of aromatic nitrogens is 2. The number of amides is 2. The number of likely N-dealkylation sites (tertiary alicyclic amines) is 1. The highest BCUT2D eigenvalue weighted by atomic mass is 16.6. The molecule has 3 heterocycles. The fraction of sp³-hybridized carbons (Fsp3) is 0.667. The number of hydrogen-bond donors (Lipinski definition) is 0. The van der Waals surface area contributed by atoms with Gasteiger partial charge in [-0.25, -0.2) is 14.8 Å². The normalized spacial score (nSPS) is 19.3. The summed E-state index contributed by atoms with van der Waals surface area (Å²) in [6.07, 6.45) is 1.33. The average Bonchev–Trinajstić information content (AvgIpc) is 2.99. The maximum absolute atomic E-state index is 12.4. The van der Waals surface area contributed by atoms with Gasteiger partial charge in [0, 0.05) is 36.2 Å². The number of carbonyl (C=O) groups is 2. The first-order chi connectivity index (χ1) is 11.8. The highest BCUT2D eigenvalue weighted by molar-refractivity contribution is 5.88. The van der Waals surface area contributed by atoms with Crippen LogP contribution in [0.1, 0.15) is 51.0 Å². The molecule has 7 nitrogen and oxygen atoms in total. The third-order valence-corrected chi connectivity index (χ3v) is 4.68. The number of ether oxygens (including phenoxy) is 1. The molecule has 2 aliphatic heterocycles. The van der Waals surface area contributed by atoms with Crippen molar-refractivity contribution in [2.24, 2.45) is 5.41 Å². The number of carbonyl (C=O) groups excluding carboxylic acids is 2. The lowest BCUT2D eigenvalue weighted by Gasteiger charge is -2.35. The van der Waals surface area contributed by atoms with Gasteiger partial charge in [0.05, 0.1) is 6.54 Å². The van der Waals surface area contributed by atoms with Crippen LogP contribution in [0.25, 0.3) is 0 Å². The lowest BCUT2D eigenvalue weighted by molar-refractivity contribution is -0.140. The van der Waals surface area contributed by atoms with Crippen molar-refractivity contribution in [1.29, 1.82) is 0 Å². The smallest absolute Gasteiger partial charge is 0.415 e. The molecule has 2 saturated heterocycles. The molecule has 136 valence electrons. The van der Waals surface area contributed by atoms with E-state index in [0.29, 0.717) is 19.0 Å². The molecule has 0 unspecified atom stereocenters. The van der Waals surface area contributed by atoms with Gasteiger partial charge in [0.2, 0.25) is 5.91 Å². The molecule has 0 radical (unpaired) electrons. The minimum atomic E-state index is -0.352. The van der Waals surface area contributed by atoms with E-state index in [1.165, 1.54) is 0 Å². The predicted octanol–water partition coefficient (Wildman–Crippen LogP) is 2.49. The van der Waals surface area contributed by atoms with Crippen molar-refractivity contribution >= 4 is 17.8 Å². The van der Waals surface area contributed by atoms with Crippen LogP contribution in [0.4, 0.5) is 10.6 Å². The van der Waals surface area contributed by atoms with Crippen LogP contribution in [0.15, 0.2) is 6.07 Å². The molecule has 0 saturated carbocycles. The first-order valence-corrected chi connectivity index (χ1v) is 8.85. The highest BCUT2D eigenvalue weighted by Crippen LogP contribution is 2.30. The van der Waals surface area contributed by atoms with Crippen molar-refractivity contribution in [3.8, 4) is 0 Å². The molecule has 2 fully saturated rings. The van der Waals surface area contributed by atoms with E-state index in [1.807, 2.05) is 38.7 Å². The Bertz CT molecular complexity index is 675. The number of cyclic esters (lactones) is 1. The van der Waals surface area contributed by atoms with E-state index in [0.717, 1.165) is 37.4 Å². The summed E-state index contributed by atoms with van der Waals surface area (Å²) < 4.78 is 5.00. The van der Waals surface area contributed by atoms with Crippen LogP contribution in [0.3, 0.4) is 0 Å². The van der Waals surface area contributed by atoms with Gasteiger partial charge in [-0.2, -0.15) is 0 Å². The summed E-state index contributed by atoms with van der Waals surface area (Å²) >= 11 is 0. The Labute approximate surface area is 148 Å². The predicted molar refractivity (Wildman–Crippen MR) is 93.5 cm³/mol. The number of aryl methyl sites for hydroxylation is 1. The van der Waals surface area contributed by atoms with Crippen molar-refractivity contribution < 1.29 is 14.3 Å². The van der Waals surface area contributed by atoms with Gasteiger partial charge in [0.15, 0.2) is 0 Å². The van der Waals surface area contributed by atoms with Gasteiger partial charge >= 0.3 is 6.09 Å². The van der Waals surface area contributed by atoms with Gasteiger partial charge in [-0.15, -0.1) is 0 Å². The molecule has 7 heteroatoms. The molecule has 0 aliphatic carbocycles. The van der Waals surface area contributed by atoms with E-state index < -0.39 is 0 Å². The second-order valence-electron chi connectivity index (χ2n) is 7.81. The fourth-order valence-electron chi connectivity index (χ4n) is 3.31. The Morgan fingerprint density at radius 3 is 2.44 bits per heavy atom. The molecular formula is C18H26N4O3. The zero-order valence-corrected chi connectivity index (χ0v) is 15.4. The number of nitrogens with zero attached hydrogens (tertiary/aromatic N) is 4. The number of hydrogen-bond acceptors (Lipinski definition) is 5. The molecule has 0 bridgehead atoms. The van der Waals surface area contributed by atoms with Gasteiger partial charge in [0.25, 0.3) is 0 Å². The van der Waals surface area contributed by atoms with Gasteiger partial charge in [-0.1, -0.05) is 20.8 Å². The second-order valence-corrected chi connectivity index (χ2v) is 7.81. The van der Waals surface area contributed by atoms with Crippen LogP contribution in [0, 0.1) is 12.3 Å². The maximum Gasteiger partial charge on any atom is 0.415 e. The Balaban J connectivity index is 1.72. The maximum atomic E-state index is 12.4. The van der Waals surface area contributed by atoms with E-state index >= 15 is 0 Å². The topological polar surface area (TPSA) is 75.6 Å². The summed E-state index contributed by atoms with van der Waals surface area (Å²) in [6.45, 7) is 10.1. The monoisotopic (exact) mass is 346 g/mol. The van der Waals surface area contributed by atoms with Crippen molar-refractivity contribution in [2.75, 3.05) is 31.1 Å². The lowest BCUT2D eigenvalue weighted by atomic mass is 9.90. The minimum Gasteiger partial charge on any atom is -0.447 e. The minimum absolute atomic E-state index is 0.191. The highest BCUT2D eigenvalue weighted by Gasteiger charge is 2.32. The zero-order chi connectivity index (χ0) is 18.2. The molecule has 0 atom stereocenters. The molecule has 1 aromatic heterocycles. The van der Waals surface area contributed by atoms with E-state index in [1.54, 1.807) is 4.90 Å². The van der Waals surface area contributed by atoms with E-state index in [9.17, 15) is 9.59 Å². The van der Waals surface area contributed by atoms with Crippen molar-refractivity contribution in [3.63, 3.8) is 0 Å². The quantitative estimate of drug-likeness (QED) is 0.822. The Morgan fingerprint density at radius 2 is 1.88 bits per heavy atom. The van der Waals surface area contributed by atoms with Gasteiger partial charge < -0.3 is 9.64 Å². The SMILES string of the molecule is Cc1cc(N2CCOC2=O)nc(C2CCN(C(=O)C(C)(C)C)CC2)n1. The molecule has 3 rings (SSSR count). The van der Waals surface area contributed by atoms with E-state index in [2.05, 4.69) is 9.97 Å². The third-order valence-electron chi connectivity index (χ3n) is 4.68. The van der Waals surface area contributed by atoms with E-state index in [-0.39, 0.29) is 23.3 Å². The molecule has 25 heavy (non-hydrogen) atoms. The van der Waals surface area contributed by atoms with Crippen molar-refractivity contribution in [2.45, 2.75) is 46.5 Å². The molecule has 0 N–H and O–H groups in total. The van der Waals surface area contributed by atoms with Crippen molar-refractivity contribution in [3.05, 3.63) is 17.6 Å². The summed E-state index contributed by atoms with van der Waals surface area (Å²) in [5.74, 6) is 1.77. The molecule has 0 aromatic carbocycles. The first-order valence-electron chi connectivity index (χ1n) is 8.85. The van der Waals surface area contributed by atoms with Crippen LogP contribution in [-0.4, -0.2) is 53.1 Å². The number of rotatable bonds is 2. The summed E-state index contributed by atoms with van der Waals surface area (Å²) in [5.41, 5.74) is 0.489. The third kappa shape index (κ3) is 3.75. The Kier molecular flexibility index (Phi) is 4.67. The van der Waals surface area contributed by atoms with Crippen LogP contribution in [-0.2, 0) is 9.53 Å². The van der Waals surface area contributed by atoms with Crippen LogP contribution in [0.5, 0.6) is 0 Å². The summed E-state index contributed by atoms with van der Waals surface area (Å²) in [7, 11) is 0. The lowest BCUT2D eigenvalue weighted by Crippen LogP contribution is -2.44. The molecule has 1 aromatic rings. The molecular weight excluding hydrogens is 320 g/mol. The Hall–Kier alpha value is -2.18. The van der Waals surface area contributed by atoms with Gasteiger partial charge in [-0.05, 0) is 19.8 Å². The second kappa shape index (κ2) is 6.61. The van der Waals surface area contributed by atoms with Gasteiger partial charge in [-0.3, -0.25) is 9.69 Å². The summed E-state index contributed by atoms with van der Waals surface area (Å²) in [4.78, 5) is 36.9. The zero-order valence-electron chi connectivity index (χ0n) is 15.4.